The molecule has 0 saturated carbocycles. The van der Waals surface area contributed by atoms with Crippen LogP contribution in [-0.4, -0.2) is 6.61 Å². The van der Waals surface area contributed by atoms with E-state index in [-0.39, 0.29) is 0 Å². The van der Waals surface area contributed by atoms with Gasteiger partial charge in [0, 0.05) is 18.3 Å². The lowest BCUT2D eigenvalue weighted by Crippen LogP contribution is -2.05. The fourth-order valence-corrected chi connectivity index (χ4v) is 2.07. The maximum atomic E-state index is 13.5. The van der Waals surface area contributed by atoms with Crippen LogP contribution in [0.2, 0.25) is 10.0 Å². The molecule has 112 valence electrons. The van der Waals surface area contributed by atoms with Crippen molar-refractivity contribution in [3.05, 3.63) is 57.8 Å². The summed E-state index contributed by atoms with van der Waals surface area (Å²) in [5.41, 5.74) is 1.14. The van der Waals surface area contributed by atoms with Crippen molar-refractivity contribution in [2.45, 2.75) is 13.2 Å². The topological polar surface area (TPSA) is 21.3 Å². The predicted molar refractivity (Wildman–Crippen MR) is 76.8 cm³/mol. The number of alkyl halides is 2. The second kappa shape index (κ2) is 6.91. The molecule has 21 heavy (non-hydrogen) atoms. The summed E-state index contributed by atoms with van der Waals surface area (Å²) in [6.45, 7) is -2.75. The zero-order valence-electron chi connectivity index (χ0n) is 10.5. The summed E-state index contributed by atoms with van der Waals surface area (Å²) in [6, 6.07) is 8.79. The van der Waals surface area contributed by atoms with E-state index in [9.17, 15) is 13.2 Å². The van der Waals surface area contributed by atoms with Crippen molar-refractivity contribution < 1.29 is 17.9 Å². The molecule has 0 amide bonds. The van der Waals surface area contributed by atoms with Crippen LogP contribution in [0.5, 0.6) is 5.75 Å². The molecular formula is C14H10Cl2F3NO. The third-order valence-corrected chi connectivity index (χ3v) is 3.52. The number of nitrogens with one attached hydrogen (secondary N) is 1. The smallest absolute Gasteiger partial charge is 0.387 e. The summed E-state index contributed by atoms with van der Waals surface area (Å²) in [4.78, 5) is 0. The molecular weight excluding hydrogens is 326 g/mol. The van der Waals surface area contributed by atoms with E-state index in [1.165, 1.54) is 6.07 Å². The summed E-state index contributed by atoms with van der Waals surface area (Å²) in [5, 5.41) is 3.75. The lowest BCUT2D eigenvalue weighted by Gasteiger charge is -2.11. The van der Waals surface area contributed by atoms with Crippen molar-refractivity contribution in [3.8, 4) is 5.75 Å². The number of ether oxygens (including phenoxy) is 1. The zero-order valence-corrected chi connectivity index (χ0v) is 12.1. The lowest BCUT2D eigenvalue weighted by molar-refractivity contribution is -0.0521. The minimum atomic E-state index is -3.07. The van der Waals surface area contributed by atoms with Crippen molar-refractivity contribution in [3.63, 3.8) is 0 Å². The Morgan fingerprint density at radius 2 is 1.90 bits per heavy atom. The van der Waals surface area contributed by atoms with Gasteiger partial charge in [-0.2, -0.15) is 8.78 Å². The molecule has 0 fully saturated rings. The molecule has 0 unspecified atom stereocenters. The quantitative estimate of drug-likeness (QED) is 0.795. The normalized spacial score (nSPS) is 10.8. The summed E-state index contributed by atoms with van der Waals surface area (Å²) >= 11 is 11.9. The Morgan fingerprint density at radius 1 is 1.14 bits per heavy atom. The van der Waals surface area contributed by atoms with E-state index in [1.807, 2.05) is 0 Å². The van der Waals surface area contributed by atoms with E-state index < -0.39 is 18.2 Å². The molecule has 0 atom stereocenters. The number of benzene rings is 2. The van der Waals surface area contributed by atoms with E-state index in [0.717, 1.165) is 17.7 Å². The highest BCUT2D eigenvalue weighted by molar-refractivity contribution is 6.42. The van der Waals surface area contributed by atoms with Gasteiger partial charge in [-0.1, -0.05) is 35.3 Å². The van der Waals surface area contributed by atoms with Crippen molar-refractivity contribution >= 4 is 28.9 Å². The third-order valence-electron chi connectivity index (χ3n) is 2.66. The maximum absolute atomic E-state index is 13.5. The average molecular weight is 336 g/mol. The molecule has 0 aliphatic rings. The van der Waals surface area contributed by atoms with Crippen LogP contribution in [0, 0.1) is 5.82 Å². The Labute approximate surface area is 129 Å². The Morgan fingerprint density at radius 3 is 2.57 bits per heavy atom. The van der Waals surface area contributed by atoms with Crippen molar-refractivity contribution in [1.82, 2.24) is 0 Å². The minimum absolute atomic E-state index is 0.313. The summed E-state index contributed by atoms with van der Waals surface area (Å²) in [7, 11) is 0. The highest BCUT2D eigenvalue weighted by atomic mass is 35.5. The molecule has 2 nitrogen and oxygen atoms in total. The van der Waals surface area contributed by atoms with Gasteiger partial charge in [-0.3, -0.25) is 0 Å². The second-order valence-electron chi connectivity index (χ2n) is 4.09. The average Bonchev–Trinajstić information content (AvgIpc) is 2.43. The van der Waals surface area contributed by atoms with Gasteiger partial charge in [0.1, 0.15) is 0 Å². The first kappa shape index (κ1) is 15.8. The van der Waals surface area contributed by atoms with E-state index in [0.29, 0.717) is 22.3 Å². The van der Waals surface area contributed by atoms with E-state index in [2.05, 4.69) is 10.1 Å². The van der Waals surface area contributed by atoms with Crippen LogP contribution in [0.3, 0.4) is 0 Å². The molecule has 0 saturated heterocycles. The van der Waals surface area contributed by atoms with Gasteiger partial charge < -0.3 is 10.1 Å². The molecule has 2 aromatic carbocycles. The Balaban J connectivity index is 2.07. The van der Waals surface area contributed by atoms with Gasteiger partial charge in [0.05, 0.1) is 10.0 Å². The molecule has 0 radical (unpaired) electrons. The molecule has 2 rings (SSSR count). The molecule has 0 bridgehead atoms. The molecule has 0 spiro atoms. The van der Waals surface area contributed by atoms with E-state index >= 15 is 0 Å². The first-order chi connectivity index (χ1) is 9.97. The molecule has 0 aliphatic heterocycles. The summed E-state index contributed by atoms with van der Waals surface area (Å²) in [5.74, 6) is -1.38. The number of hydrogen-bond acceptors (Lipinski definition) is 2. The number of hydrogen-bond donors (Lipinski definition) is 1. The molecule has 2 aromatic rings. The molecule has 0 aromatic heterocycles. The number of rotatable bonds is 5. The fourth-order valence-electron chi connectivity index (χ4n) is 1.68. The largest absolute Gasteiger partial charge is 0.432 e. The standard InChI is InChI=1S/C14H10Cl2F3NO/c15-10-3-1-2-8(13(10)16)7-20-9-4-5-12(11(17)6-9)21-14(18)19/h1-6,14,20H,7H2. The van der Waals surface area contributed by atoms with Crippen LogP contribution in [0.25, 0.3) is 0 Å². The van der Waals surface area contributed by atoms with Crippen molar-refractivity contribution in [2.24, 2.45) is 0 Å². The monoisotopic (exact) mass is 335 g/mol. The van der Waals surface area contributed by atoms with Gasteiger partial charge in [0.15, 0.2) is 11.6 Å². The molecule has 0 heterocycles. The van der Waals surface area contributed by atoms with Crippen molar-refractivity contribution in [2.75, 3.05) is 5.32 Å². The highest BCUT2D eigenvalue weighted by Crippen LogP contribution is 2.27. The van der Waals surface area contributed by atoms with E-state index in [4.69, 9.17) is 23.2 Å². The Hall–Kier alpha value is -1.59. The Bertz CT molecular complexity index is 638. The van der Waals surface area contributed by atoms with Gasteiger partial charge in [0.25, 0.3) is 0 Å². The van der Waals surface area contributed by atoms with Gasteiger partial charge >= 0.3 is 6.61 Å². The molecule has 1 N–H and O–H groups in total. The number of anilines is 1. The molecule has 0 aliphatic carbocycles. The fraction of sp³-hybridized carbons (Fsp3) is 0.143. The van der Waals surface area contributed by atoms with Crippen LogP contribution in [0.15, 0.2) is 36.4 Å². The van der Waals surface area contributed by atoms with Crippen LogP contribution in [-0.2, 0) is 6.54 Å². The van der Waals surface area contributed by atoms with Crippen molar-refractivity contribution in [1.29, 1.82) is 0 Å². The highest BCUT2D eigenvalue weighted by Gasteiger charge is 2.10. The molecule has 7 heteroatoms. The van der Waals surface area contributed by atoms with E-state index in [1.54, 1.807) is 18.2 Å². The van der Waals surface area contributed by atoms with Gasteiger partial charge in [-0.25, -0.2) is 4.39 Å². The van der Waals surface area contributed by atoms with Gasteiger partial charge in [-0.15, -0.1) is 0 Å². The van der Waals surface area contributed by atoms with Crippen LogP contribution in [0.1, 0.15) is 5.56 Å². The first-order valence-corrected chi connectivity index (χ1v) is 6.64. The van der Waals surface area contributed by atoms with Crippen LogP contribution in [0.4, 0.5) is 18.9 Å². The lowest BCUT2D eigenvalue weighted by atomic mass is 10.2. The predicted octanol–water partition coefficient (Wildman–Crippen LogP) is 5.35. The van der Waals surface area contributed by atoms with Crippen LogP contribution >= 0.6 is 23.2 Å². The minimum Gasteiger partial charge on any atom is -0.432 e. The zero-order chi connectivity index (χ0) is 15.4. The second-order valence-corrected chi connectivity index (χ2v) is 4.88. The third kappa shape index (κ3) is 4.19. The summed E-state index contributed by atoms with van der Waals surface area (Å²) < 4.78 is 41.6. The van der Waals surface area contributed by atoms with Crippen LogP contribution < -0.4 is 10.1 Å². The maximum Gasteiger partial charge on any atom is 0.387 e. The van der Waals surface area contributed by atoms with Gasteiger partial charge in [-0.05, 0) is 23.8 Å². The van der Waals surface area contributed by atoms with Gasteiger partial charge in [0.2, 0.25) is 0 Å². The number of halogens is 5. The first-order valence-electron chi connectivity index (χ1n) is 5.88. The Kier molecular flexibility index (Phi) is 5.20. The SMILES string of the molecule is Fc1cc(NCc2cccc(Cl)c2Cl)ccc1OC(F)F. The summed E-state index contributed by atoms with van der Waals surface area (Å²) in [6.07, 6.45) is 0.